The maximum atomic E-state index is 13.8. The monoisotopic (exact) mass is 843 g/mol. The minimum atomic E-state index is -0.678. The first kappa shape index (κ1) is 42.7. The van der Waals surface area contributed by atoms with Crippen molar-refractivity contribution in [2.24, 2.45) is 17.4 Å². The van der Waals surface area contributed by atoms with E-state index in [9.17, 15) is 19.2 Å². The number of anilines is 2. The Morgan fingerprint density at radius 1 is 0.774 bits per heavy atom. The smallest absolute Gasteiger partial charge is 0.276 e. The molecular weight excluding hydrogens is 795 g/mol. The minimum absolute atomic E-state index is 0.0407. The summed E-state index contributed by atoms with van der Waals surface area (Å²) < 4.78 is 18.6. The average molecular weight is 844 g/mol. The predicted octanol–water partition coefficient (Wildman–Crippen LogP) is 3.78. The quantitative estimate of drug-likeness (QED) is 0.0735. The fourth-order valence-electron chi connectivity index (χ4n) is 7.45. The Morgan fingerprint density at radius 3 is 1.73 bits per heavy atom. The molecule has 1 saturated heterocycles. The van der Waals surface area contributed by atoms with E-state index in [2.05, 4.69) is 38.0 Å². The van der Waals surface area contributed by atoms with Gasteiger partial charge in [0.25, 0.3) is 11.8 Å². The van der Waals surface area contributed by atoms with E-state index in [1.807, 2.05) is 26.0 Å². The number of nitrogens with zero attached hydrogens (tertiary/aromatic N) is 8. The third-order valence-electron chi connectivity index (χ3n) is 10.4. The summed E-state index contributed by atoms with van der Waals surface area (Å²) in [4.78, 5) is 61.7. The molecule has 0 atom stereocenters. The third kappa shape index (κ3) is 9.00. The van der Waals surface area contributed by atoms with E-state index in [-0.39, 0.29) is 48.6 Å². The van der Waals surface area contributed by atoms with Gasteiger partial charge < -0.3 is 35.4 Å². The molecule has 7 rings (SSSR count). The SMILES string of the molecule is CCn1nc(C)cc1C(=O)Nc1nc2cc(C(N)=O)cc(OC)c2n1CC=CCn1c(NC(=O)c2cc(C)nn2CC)nc2cc(C(N)=O)cc(OCC#CC3CCNCC3)c21. The number of imidazole rings is 2. The molecule has 5 heterocycles. The van der Waals surface area contributed by atoms with Crippen LogP contribution >= 0.6 is 0 Å². The highest BCUT2D eigenvalue weighted by molar-refractivity contribution is 6.05. The van der Waals surface area contributed by atoms with E-state index in [4.69, 9.17) is 30.9 Å². The van der Waals surface area contributed by atoms with Gasteiger partial charge in [-0.05, 0) is 90.0 Å². The second-order valence-electron chi connectivity index (χ2n) is 14.7. The van der Waals surface area contributed by atoms with Crippen LogP contribution in [0, 0.1) is 31.6 Å². The zero-order valence-electron chi connectivity index (χ0n) is 35.2. The van der Waals surface area contributed by atoms with Gasteiger partial charge in [0.1, 0.15) is 40.5 Å². The number of aromatic nitrogens is 8. The number of nitrogens with one attached hydrogen (secondary N) is 3. The Labute approximate surface area is 356 Å². The van der Waals surface area contributed by atoms with Crippen molar-refractivity contribution in [3.05, 3.63) is 82.5 Å². The van der Waals surface area contributed by atoms with E-state index in [0.717, 1.165) is 25.9 Å². The number of aryl methyl sites for hydroxylation is 4. The standard InChI is InChI=1S/C43H49N13O6/c1-6-55-32(19-25(3)51-55)40(59)49-42-47-30-21-28(38(44)57)23-34(61-5)36(30)53(42)16-8-9-17-54-37-31(48-43(54)50-41(60)33-20-26(4)52-56(33)7-2)22-29(39(45)58)24-35(37)62-18-10-11-27-12-14-46-15-13-27/h8-9,19-24,27,46H,6-7,12-18H2,1-5H3,(H2,44,57)(H2,45,58)(H,47,49,59)(H,48,50,60). The fourth-order valence-corrected chi connectivity index (χ4v) is 7.45. The zero-order chi connectivity index (χ0) is 44.1. The molecule has 0 aliphatic carbocycles. The fraction of sp³-hybridized carbons (Fsp3) is 0.349. The van der Waals surface area contributed by atoms with Gasteiger partial charge in [-0.25, -0.2) is 9.97 Å². The number of carbonyl (C=O) groups excluding carboxylic acids is 4. The van der Waals surface area contributed by atoms with Crippen molar-refractivity contribution in [2.75, 3.05) is 37.4 Å². The normalized spacial score (nSPS) is 13.0. The number of amides is 4. The van der Waals surface area contributed by atoms with Gasteiger partial charge in [-0.3, -0.25) is 39.2 Å². The predicted molar refractivity (Wildman–Crippen MR) is 232 cm³/mol. The Hall–Kier alpha value is -7.46. The number of hydrogen-bond acceptors (Lipinski definition) is 11. The molecule has 1 aliphatic heterocycles. The van der Waals surface area contributed by atoms with Crippen molar-refractivity contribution in [3.63, 3.8) is 0 Å². The van der Waals surface area contributed by atoms with Crippen molar-refractivity contribution < 1.29 is 28.7 Å². The summed E-state index contributed by atoms with van der Waals surface area (Å²) in [7, 11) is 1.46. The lowest BCUT2D eigenvalue weighted by Crippen LogP contribution is -2.27. The number of piperidine rings is 1. The summed E-state index contributed by atoms with van der Waals surface area (Å²) in [5, 5.41) is 18.0. The number of fused-ring (bicyclic) bond motifs is 2. The summed E-state index contributed by atoms with van der Waals surface area (Å²) in [6.45, 7) is 10.5. The van der Waals surface area contributed by atoms with Gasteiger partial charge in [0, 0.05) is 43.2 Å². The second kappa shape index (κ2) is 18.4. The van der Waals surface area contributed by atoms with Crippen molar-refractivity contribution in [1.82, 2.24) is 44.0 Å². The maximum Gasteiger partial charge on any atom is 0.276 e. The highest BCUT2D eigenvalue weighted by Crippen LogP contribution is 2.33. The molecule has 4 aromatic heterocycles. The molecule has 0 unspecified atom stereocenters. The lowest BCUT2D eigenvalue weighted by Gasteiger charge is -2.17. The lowest BCUT2D eigenvalue weighted by atomic mass is 9.99. The van der Waals surface area contributed by atoms with Crippen LogP contribution in [-0.2, 0) is 26.2 Å². The number of primary amides is 2. The van der Waals surface area contributed by atoms with Crippen LogP contribution in [0.1, 0.15) is 79.8 Å². The molecule has 6 aromatic rings. The molecule has 7 N–H and O–H groups in total. The number of benzene rings is 2. The van der Waals surface area contributed by atoms with E-state index < -0.39 is 23.6 Å². The van der Waals surface area contributed by atoms with Gasteiger partial charge in [-0.1, -0.05) is 24.0 Å². The van der Waals surface area contributed by atoms with Crippen LogP contribution < -0.4 is 36.9 Å². The summed E-state index contributed by atoms with van der Waals surface area (Å²) in [5.74, 6) is 5.43. The lowest BCUT2D eigenvalue weighted by molar-refractivity contribution is 0.0991. The van der Waals surface area contributed by atoms with Gasteiger partial charge in [0.05, 0.1) is 29.5 Å². The van der Waals surface area contributed by atoms with E-state index in [0.29, 0.717) is 69.4 Å². The number of rotatable bonds is 15. The molecule has 0 spiro atoms. The van der Waals surface area contributed by atoms with Crippen LogP contribution in [0.25, 0.3) is 22.1 Å². The van der Waals surface area contributed by atoms with Gasteiger partial charge in [0.15, 0.2) is 0 Å². The highest BCUT2D eigenvalue weighted by atomic mass is 16.5. The Kier molecular flexibility index (Phi) is 12.7. The first-order valence-corrected chi connectivity index (χ1v) is 20.3. The number of nitrogens with two attached hydrogens (primary N) is 2. The maximum absolute atomic E-state index is 13.8. The van der Waals surface area contributed by atoms with E-state index in [1.54, 1.807) is 56.6 Å². The zero-order valence-corrected chi connectivity index (χ0v) is 35.2. The van der Waals surface area contributed by atoms with Crippen LogP contribution in [0.2, 0.25) is 0 Å². The molecule has 1 aliphatic rings. The van der Waals surface area contributed by atoms with Gasteiger partial charge in [-0.2, -0.15) is 10.2 Å². The highest BCUT2D eigenvalue weighted by Gasteiger charge is 2.24. The number of carbonyl (C=O) groups is 4. The Balaban J connectivity index is 1.27. The van der Waals surface area contributed by atoms with Crippen molar-refractivity contribution in [3.8, 4) is 23.3 Å². The van der Waals surface area contributed by atoms with Crippen LogP contribution in [0.4, 0.5) is 11.9 Å². The first-order valence-electron chi connectivity index (χ1n) is 20.3. The molecule has 0 saturated carbocycles. The molecule has 62 heavy (non-hydrogen) atoms. The number of methoxy groups -OCH3 is 1. The van der Waals surface area contributed by atoms with Crippen LogP contribution in [0.15, 0.2) is 48.6 Å². The van der Waals surface area contributed by atoms with Gasteiger partial charge >= 0.3 is 0 Å². The van der Waals surface area contributed by atoms with Crippen molar-refractivity contribution in [2.45, 2.75) is 66.7 Å². The molecule has 2 aromatic carbocycles. The second-order valence-corrected chi connectivity index (χ2v) is 14.7. The molecule has 0 radical (unpaired) electrons. The first-order chi connectivity index (χ1) is 29.9. The average Bonchev–Trinajstić information content (AvgIpc) is 4.03. The minimum Gasteiger partial charge on any atom is -0.494 e. The summed E-state index contributed by atoms with van der Waals surface area (Å²) in [6, 6.07) is 9.53. The summed E-state index contributed by atoms with van der Waals surface area (Å²) in [5.41, 5.74) is 15.5. The largest absolute Gasteiger partial charge is 0.494 e. The molecule has 0 bridgehead atoms. The molecule has 322 valence electrons. The van der Waals surface area contributed by atoms with E-state index >= 15 is 0 Å². The van der Waals surface area contributed by atoms with Crippen molar-refractivity contribution >= 4 is 57.6 Å². The summed E-state index contributed by atoms with van der Waals surface area (Å²) in [6.07, 6.45) is 5.58. The van der Waals surface area contributed by atoms with Gasteiger partial charge in [-0.15, -0.1) is 0 Å². The molecule has 4 amide bonds. The molecular formula is C43H49N13O6. The van der Waals surface area contributed by atoms with Gasteiger partial charge in [0.2, 0.25) is 23.7 Å². The van der Waals surface area contributed by atoms with Crippen molar-refractivity contribution in [1.29, 1.82) is 0 Å². The molecule has 1 fully saturated rings. The third-order valence-corrected chi connectivity index (χ3v) is 10.4. The van der Waals surface area contributed by atoms with E-state index in [1.165, 1.54) is 19.2 Å². The number of allylic oxidation sites excluding steroid dienone is 2. The topological polar surface area (TPSA) is 246 Å². The summed E-state index contributed by atoms with van der Waals surface area (Å²) >= 11 is 0. The Bertz CT molecular complexity index is 2790. The number of hydrogen-bond donors (Lipinski definition) is 5. The molecule has 19 heteroatoms. The van der Waals surface area contributed by atoms with Crippen LogP contribution in [-0.4, -0.2) is 89.1 Å². The van der Waals surface area contributed by atoms with Crippen LogP contribution in [0.3, 0.4) is 0 Å². The molecule has 19 nitrogen and oxygen atoms in total. The Morgan fingerprint density at radius 2 is 1.26 bits per heavy atom. The number of ether oxygens (including phenoxy) is 2. The van der Waals surface area contributed by atoms with Crippen LogP contribution in [0.5, 0.6) is 11.5 Å².